The Morgan fingerprint density at radius 2 is 1.93 bits per heavy atom. The first-order valence-electron chi connectivity index (χ1n) is 10.3. The zero-order chi connectivity index (χ0) is 20.0. The van der Waals surface area contributed by atoms with Gasteiger partial charge in [0.15, 0.2) is 0 Å². The number of hydrogen-bond donors (Lipinski definition) is 2. The van der Waals surface area contributed by atoms with Crippen LogP contribution in [0.5, 0.6) is 0 Å². The fourth-order valence-electron chi connectivity index (χ4n) is 4.94. The van der Waals surface area contributed by atoms with Crippen molar-refractivity contribution in [3.05, 3.63) is 52.7 Å². The summed E-state index contributed by atoms with van der Waals surface area (Å²) in [5.41, 5.74) is 2.87. The lowest BCUT2D eigenvalue weighted by Crippen LogP contribution is -2.44. The van der Waals surface area contributed by atoms with Crippen LogP contribution in [0.1, 0.15) is 30.4 Å². The van der Waals surface area contributed by atoms with Gasteiger partial charge < -0.3 is 15.2 Å². The van der Waals surface area contributed by atoms with Crippen LogP contribution in [0.25, 0.3) is 11.0 Å². The van der Waals surface area contributed by atoms with Crippen molar-refractivity contribution in [1.82, 2.24) is 29.5 Å². The number of aromatic amines is 1. The smallest absolute Gasteiger partial charge is 0.326 e. The predicted molar refractivity (Wildman–Crippen MR) is 117 cm³/mol. The standard InChI is InChI=1S/C21H26N6O2.ClH/c1-25-13-14(10-23-25)16-11-22-12-17(16)20(28)26-8-6-15(7-9-26)27-19-5-3-2-4-18(19)24-21(27)29;/h2-5,10,13,15-17,22H,6-9,11-12H2,1H3,(H,24,29);1H/t16-,17+;/m1./s1. The Morgan fingerprint density at radius 3 is 2.67 bits per heavy atom. The van der Waals surface area contributed by atoms with Crippen molar-refractivity contribution in [1.29, 1.82) is 0 Å². The largest absolute Gasteiger partial charge is 0.342 e. The molecule has 2 saturated heterocycles. The molecular weight excluding hydrogens is 404 g/mol. The number of nitrogens with zero attached hydrogens (tertiary/aromatic N) is 4. The van der Waals surface area contributed by atoms with E-state index in [2.05, 4.69) is 15.4 Å². The van der Waals surface area contributed by atoms with Crippen molar-refractivity contribution in [3.63, 3.8) is 0 Å². The maximum atomic E-state index is 13.2. The van der Waals surface area contributed by atoms with Crippen molar-refractivity contribution in [2.24, 2.45) is 13.0 Å². The van der Waals surface area contributed by atoms with Gasteiger partial charge in [0.1, 0.15) is 0 Å². The lowest BCUT2D eigenvalue weighted by molar-refractivity contribution is -0.136. The van der Waals surface area contributed by atoms with Crippen LogP contribution in [0.4, 0.5) is 0 Å². The number of nitrogens with one attached hydrogen (secondary N) is 2. The molecule has 4 heterocycles. The molecule has 5 rings (SSSR count). The minimum Gasteiger partial charge on any atom is -0.342 e. The zero-order valence-corrected chi connectivity index (χ0v) is 17.8. The molecule has 1 aromatic carbocycles. The molecule has 2 aliphatic heterocycles. The summed E-state index contributed by atoms with van der Waals surface area (Å²) in [5.74, 6) is 0.338. The average Bonchev–Trinajstić information content (AvgIpc) is 3.45. The van der Waals surface area contributed by atoms with E-state index in [1.54, 1.807) is 4.68 Å². The third-order valence-corrected chi connectivity index (χ3v) is 6.45. The molecule has 0 unspecified atom stereocenters. The van der Waals surface area contributed by atoms with Gasteiger partial charge in [-0.2, -0.15) is 5.10 Å². The first-order chi connectivity index (χ1) is 14.1. The first kappa shape index (κ1) is 20.7. The quantitative estimate of drug-likeness (QED) is 0.661. The van der Waals surface area contributed by atoms with Gasteiger partial charge in [-0.3, -0.25) is 14.0 Å². The summed E-state index contributed by atoms with van der Waals surface area (Å²) in [4.78, 5) is 30.6. The van der Waals surface area contributed by atoms with Crippen LogP contribution in [0, 0.1) is 5.92 Å². The Kier molecular flexibility index (Phi) is 5.71. The lowest BCUT2D eigenvalue weighted by Gasteiger charge is -2.34. The average molecular weight is 431 g/mol. The molecule has 1 amide bonds. The number of piperidine rings is 1. The van der Waals surface area contributed by atoms with Gasteiger partial charge in [-0.05, 0) is 30.5 Å². The Morgan fingerprint density at radius 1 is 1.17 bits per heavy atom. The number of fused-ring (bicyclic) bond motifs is 1. The fraction of sp³-hybridized carbons (Fsp3) is 0.476. The first-order valence-corrected chi connectivity index (χ1v) is 10.3. The molecule has 2 aromatic heterocycles. The van der Waals surface area contributed by atoms with Crippen LogP contribution in [0.15, 0.2) is 41.5 Å². The second-order valence-electron chi connectivity index (χ2n) is 8.19. The Labute approximate surface area is 180 Å². The van der Waals surface area contributed by atoms with E-state index in [1.165, 1.54) is 0 Å². The minimum absolute atomic E-state index is 0. The fourth-order valence-corrected chi connectivity index (χ4v) is 4.94. The highest BCUT2D eigenvalue weighted by Gasteiger charge is 2.38. The molecule has 0 aliphatic carbocycles. The van der Waals surface area contributed by atoms with Crippen molar-refractivity contribution < 1.29 is 4.79 Å². The van der Waals surface area contributed by atoms with Gasteiger partial charge in [0, 0.05) is 51.4 Å². The van der Waals surface area contributed by atoms with E-state index in [1.807, 2.05) is 53.2 Å². The van der Waals surface area contributed by atoms with Gasteiger partial charge in [-0.15, -0.1) is 12.4 Å². The third-order valence-electron chi connectivity index (χ3n) is 6.45. The number of H-pyrrole nitrogens is 1. The van der Waals surface area contributed by atoms with Crippen molar-refractivity contribution in [2.45, 2.75) is 24.8 Å². The number of rotatable bonds is 3. The van der Waals surface area contributed by atoms with Crippen LogP contribution in [-0.4, -0.2) is 56.3 Å². The van der Waals surface area contributed by atoms with E-state index in [0.29, 0.717) is 19.6 Å². The second kappa shape index (κ2) is 8.28. The van der Waals surface area contributed by atoms with Crippen molar-refractivity contribution in [2.75, 3.05) is 26.2 Å². The number of carbonyl (C=O) groups excluding carboxylic acids is 1. The summed E-state index contributed by atoms with van der Waals surface area (Å²) in [7, 11) is 1.90. The van der Waals surface area contributed by atoms with Crippen LogP contribution >= 0.6 is 12.4 Å². The molecule has 2 N–H and O–H groups in total. The van der Waals surface area contributed by atoms with Crippen LogP contribution in [0.3, 0.4) is 0 Å². The molecule has 9 heteroatoms. The molecule has 2 atom stereocenters. The molecule has 0 saturated carbocycles. The second-order valence-corrected chi connectivity index (χ2v) is 8.19. The SMILES string of the molecule is Cl.Cn1cc([C@H]2CNC[C@@H]2C(=O)N2CCC(n3c(=O)[nH]c4ccccc43)CC2)cn1. The summed E-state index contributed by atoms with van der Waals surface area (Å²) in [6, 6.07) is 7.91. The summed E-state index contributed by atoms with van der Waals surface area (Å²) in [5, 5.41) is 7.64. The van der Waals surface area contributed by atoms with Crippen LogP contribution < -0.4 is 11.0 Å². The van der Waals surface area contributed by atoms with Gasteiger partial charge in [0.25, 0.3) is 0 Å². The number of aromatic nitrogens is 4. The van der Waals surface area contributed by atoms with Crippen LogP contribution in [-0.2, 0) is 11.8 Å². The summed E-state index contributed by atoms with van der Waals surface area (Å²) in [6.07, 6.45) is 5.47. The Hall–Kier alpha value is -2.58. The number of imidazole rings is 1. The predicted octanol–water partition coefficient (Wildman–Crippen LogP) is 1.65. The van der Waals surface area contributed by atoms with Gasteiger partial charge in [0.05, 0.1) is 23.1 Å². The van der Waals surface area contributed by atoms with E-state index < -0.39 is 0 Å². The monoisotopic (exact) mass is 430 g/mol. The normalized spacial score (nSPS) is 22.4. The van der Waals surface area contributed by atoms with E-state index in [-0.39, 0.29) is 41.9 Å². The number of carbonyl (C=O) groups is 1. The van der Waals surface area contributed by atoms with E-state index >= 15 is 0 Å². The molecule has 3 aromatic rings. The molecular formula is C21H27ClN6O2. The Balaban J connectivity index is 0.00000218. The molecule has 8 nitrogen and oxygen atoms in total. The van der Waals surface area contributed by atoms with Crippen LogP contribution in [0.2, 0.25) is 0 Å². The highest BCUT2D eigenvalue weighted by Crippen LogP contribution is 2.31. The van der Waals surface area contributed by atoms with Gasteiger partial charge in [-0.25, -0.2) is 4.79 Å². The number of benzene rings is 1. The van der Waals surface area contributed by atoms with Gasteiger partial charge in [0.2, 0.25) is 5.91 Å². The number of halogens is 1. The highest BCUT2D eigenvalue weighted by molar-refractivity contribution is 5.85. The van der Waals surface area contributed by atoms with Gasteiger partial charge >= 0.3 is 5.69 Å². The lowest BCUT2D eigenvalue weighted by atomic mass is 9.89. The number of para-hydroxylation sites is 2. The summed E-state index contributed by atoms with van der Waals surface area (Å²) >= 11 is 0. The van der Waals surface area contributed by atoms with E-state index in [9.17, 15) is 9.59 Å². The molecule has 160 valence electrons. The molecule has 2 aliphatic rings. The van der Waals surface area contributed by atoms with E-state index in [0.717, 1.165) is 36.0 Å². The number of amides is 1. The molecule has 0 radical (unpaired) electrons. The molecule has 0 bridgehead atoms. The topological polar surface area (TPSA) is 88.0 Å². The minimum atomic E-state index is -0.0624. The third kappa shape index (κ3) is 3.54. The van der Waals surface area contributed by atoms with Gasteiger partial charge in [-0.1, -0.05) is 12.1 Å². The maximum Gasteiger partial charge on any atom is 0.326 e. The van der Waals surface area contributed by atoms with E-state index in [4.69, 9.17) is 0 Å². The zero-order valence-electron chi connectivity index (χ0n) is 17.0. The number of likely N-dealkylation sites (tertiary alicyclic amines) is 1. The number of aryl methyl sites for hydroxylation is 1. The highest BCUT2D eigenvalue weighted by atomic mass is 35.5. The summed E-state index contributed by atoms with van der Waals surface area (Å²) in [6.45, 7) is 2.89. The maximum absolute atomic E-state index is 13.2. The summed E-state index contributed by atoms with van der Waals surface area (Å²) < 4.78 is 3.66. The molecule has 2 fully saturated rings. The molecule has 0 spiro atoms. The van der Waals surface area contributed by atoms with Crippen molar-refractivity contribution >= 4 is 29.3 Å². The number of hydrogen-bond acceptors (Lipinski definition) is 4. The Bertz CT molecular complexity index is 1090. The van der Waals surface area contributed by atoms with Crippen molar-refractivity contribution in [3.8, 4) is 0 Å². The molecule has 30 heavy (non-hydrogen) atoms.